The third-order valence-electron chi connectivity index (χ3n) is 3.80. The lowest BCUT2D eigenvalue weighted by Gasteiger charge is -2.18. The van der Waals surface area contributed by atoms with Gasteiger partial charge < -0.3 is 5.32 Å². The zero-order valence-electron chi connectivity index (χ0n) is 11.0. The highest BCUT2D eigenvalue weighted by Crippen LogP contribution is 2.37. The molecule has 1 nitrogen and oxygen atoms in total. The Morgan fingerprint density at radius 1 is 1.41 bits per heavy atom. The number of aryl methyl sites for hydroxylation is 1. The topological polar surface area (TPSA) is 12.0 Å². The van der Waals surface area contributed by atoms with Crippen LogP contribution in [0.25, 0.3) is 0 Å². The predicted octanol–water partition coefficient (Wildman–Crippen LogP) is 4.43. The molecule has 1 aliphatic rings. The van der Waals surface area contributed by atoms with E-state index in [2.05, 4.69) is 60.2 Å². The number of hydrogen-bond acceptors (Lipinski definition) is 1. The summed E-state index contributed by atoms with van der Waals surface area (Å²) >= 11 is 3.59. The van der Waals surface area contributed by atoms with E-state index in [1.165, 1.54) is 34.9 Å². The van der Waals surface area contributed by atoms with Crippen molar-refractivity contribution in [2.75, 3.05) is 0 Å². The molecular weight excluding hydrogens is 274 g/mol. The first-order valence-electron chi connectivity index (χ1n) is 6.45. The Labute approximate surface area is 113 Å². The van der Waals surface area contributed by atoms with Crippen molar-refractivity contribution >= 4 is 15.9 Å². The summed E-state index contributed by atoms with van der Waals surface area (Å²) in [5.74, 6) is 0. The molecular formula is C15H22BrN. The van der Waals surface area contributed by atoms with Crippen molar-refractivity contribution in [2.45, 2.75) is 52.6 Å². The fraction of sp³-hybridized carbons (Fsp3) is 0.600. The van der Waals surface area contributed by atoms with Crippen LogP contribution in [0, 0.1) is 12.3 Å². The van der Waals surface area contributed by atoms with Gasteiger partial charge in [-0.05, 0) is 48.8 Å². The molecule has 1 saturated carbocycles. The second kappa shape index (κ2) is 5.11. The lowest BCUT2D eigenvalue weighted by Crippen LogP contribution is -2.26. The Morgan fingerprint density at radius 2 is 2.18 bits per heavy atom. The van der Waals surface area contributed by atoms with Gasteiger partial charge in [-0.25, -0.2) is 0 Å². The lowest BCUT2D eigenvalue weighted by molar-refractivity contribution is 0.364. The zero-order chi connectivity index (χ0) is 12.5. The van der Waals surface area contributed by atoms with E-state index < -0.39 is 0 Å². The summed E-state index contributed by atoms with van der Waals surface area (Å²) in [6.45, 7) is 7.86. The van der Waals surface area contributed by atoms with Gasteiger partial charge in [-0.1, -0.05) is 41.9 Å². The summed E-state index contributed by atoms with van der Waals surface area (Å²) in [6, 6.07) is 7.32. The fourth-order valence-electron chi connectivity index (χ4n) is 2.62. The molecule has 0 saturated heterocycles. The van der Waals surface area contributed by atoms with Gasteiger partial charge in [0.2, 0.25) is 0 Å². The molecule has 2 rings (SSSR count). The van der Waals surface area contributed by atoms with Crippen LogP contribution in [0.1, 0.15) is 44.2 Å². The van der Waals surface area contributed by atoms with Crippen LogP contribution in [0.4, 0.5) is 0 Å². The van der Waals surface area contributed by atoms with E-state index in [1.807, 2.05) is 0 Å². The molecule has 0 bridgehead atoms. The Kier molecular flexibility index (Phi) is 3.94. The Hall–Kier alpha value is -0.340. The third kappa shape index (κ3) is 3.56. The largest absolute Gasteiger partial charge is 0.310 e. The predicted molar refractivity (Wildman–Crippen MR) is 77.1 cm³/mol. The van der Waals surface area contributed by atoms with Gasteiger partial charge in [0.1, 0.15) is 0 Å². The lowest BCUT2D eigenvalue weighted by atomic mass is 9.92. The average molecular weight is 296 g/mol. The minimum atomic E-state index is 0.533. The smallest absolute Gasteiger partial charge is 0.0208 e. The van der Waals surface area contributed by atoms with Crippen LogP contribution in [0.2, 0.25) is 0 Å². The Balaban J connectivity index is 1.88. The number of nitrogens with one attached hydrogen (secondary N) is 1. The molecule has 1 aromatic rings. The van der Waals surface area contributed by atoms with Crippen LogP contribution in [0.15, 0.2) is 22.7 Å². The molecule has 1 N–H and O–H groups in total. The minimum Gasteiger partial charge on any atom is -0.310 e. The van der Waals surface area contributed by atoms with E-state index in [0.717, 1.165) is 6.54 Å². The second-order valence-corrected chi connectivity index (χ2v) is 6.92. The van der Waals surface area contributed by atoms with E-state index in [0.29, 0.717) is 11.5 Å². The van der Waals surface area contributed by atoms with Crippen molar-refractivity contribution in [3.8, 4) is 0 Å². The Bertz CT molecular complexity index is 398. The molecule has 1 aromatic carbocycles. The van der Waals surface area contributed by atoms with Crippen molar-refractivity contribution in [3.05, 3.63) is 33.8 Å². The van der Waals surface area contributed by atoms with Crippen molar-refractivity contribution in [1.29, 1.82) is 0 Å². The van der Waals surface area contributed by atoms with E-state index in [-0.39, 0.29) is 0 Å². The number of hydrogen-bond donors (Lipinski definition) is 1. The fourth-order valence-corrected chi connectivity index (χ4v) is 3.05. The third-order valence-corrected chi connectivity index (χ3v) is 4.65. The van der Waals surface area contributed by atoms with Gasteiger partial charge in [0.15, 0.2) is 0 Å². The van der Waals surface area contributed by atoms with Gasteiger partial charge in [0.05, 0.1) is 0 Å². The van der Waals surface area contributed by atoms with Crippen molar-refractivity contribution in [3.63, 3.8) is 0 Å². The summed E-state index contributed by atoms with van der Waals surface area (Å²) in [5, 5.41) is 3.68. The molecule has 0 spiro atoms. The molecule has 1 fully saturated rings. The number of benzene rings is 1. The van der Waals surface area contributed by atoms with Crippen molar-refractivity contribution in [2.24, 2.45) is 5.41 Å². The van der Waals surface area contributed by atoms with Crippen LogP contribution in [-0.2, 0) is 6.54 Å². The van der Waals surface area contributed by atoms with Gasteiger partial charge in [-0.2, -0.15) is 0 Å². The van der Waals surface area contributed by atoms with Gasteiger partial charge in [0, 0.05) is 17.1 Å². The maximum absolute atomic E-state index is 3.68. The second-order valence-electron chi connectivity index (χ2n) is 6.07. The molecule has 0 heterocycles. The average Bonchev–Trinajstić information content (AvgIpc) is 2.60. The van der Waals surface area contributed by atoms with Gasteiger partial charge in [0.25, 0.3) is 0 Å². The van der Waals surface area contributed by atoms with Crippen LogP contribution >= 0.6 is 15.9 Å². The van der Waals surface area contributed by atoms with Crippen molar-refractivity contribution in [1.82, 2.24) is 5.32 Å². The molecule has 0 radical (unpaired) electrons. The van der Waals surface area contributed by atoms with Crippen LogP contribution in [0.5, 0.6) is 0 Å². The molecule has 1 atom stereocenters. The summed E-state index contributed by atoms with van der Waals surface area (Å²) in [4.78, 5) is 0. The molecule has 2 heteroatoms. The van der Waals surface area contributed by atoms with Crippen LogP contribution < -0.4 is 5.32 Å². The van der Waals surface area contributed by atoms with Crippen LogP contribution in [-0.4, -0.2) is 6.04 Å². The first-order chi connectivity index (χ1) is 7.96. The normalized spacial score (nSPS) is 22.9. The maximum Gasteiger partial charge on any atom is 0.0208 e. The standard InChI is InChI=1S/C15H22BrN/c1-11-4-5-12(8-14(11)16)10-17-13-6-7-15(2,3)9-13/h4-5,8,13,17H,6-7,9-10H2,1-3H3. The molecule has 94 valence electrons. The summed E-state index contributed by atoms with van der Waals surface area (Å²) in [5.41, 5.74) is 3.20. The summed E-state index contributed by atoms with van der Waals surface area (Å²) in [7, 11) is 0. The number of halogens is 1. The molecule has 17 heavy (non-hydrogen) atoms. The SMILES string of the molecule is Cc1ccc(CNC2CCC(C)(C)C2)cc1Br. The van der Waals surface area contributed by atoms with E-state index in [9.17, 15) is 0 Å². The molecule has 0 aromatic heterocycles. The van der Waals surface area contributed by atoms with E-state index >= 15 is 0 Å². The quantitative estimate of drug-likeness (QED) is 0.870. The highest BCUT2D eigenvalue weighted by molar-refractivity contribution is 9.10. The van der Waals surface area contributed by atoms with E-state index in [4.69, 9.17) is 0 Å². The highest BCUT2D eigenvalue weighted by Gasteiger charge is 2.30. The molecule has 0 aliphatic heterocycles. The molecule has 0 amide bonds. The summed E-state index contributed by atoms with van der Waals surface area (Å²) < 4.78 is 1.21. The first kappa shape index (κ1) is 13.1. The zero-order valence-corrected chi connectivity index (χ0v) is 12.6. The van der Waals surface area contributed by atoms with Gasteiger partial charge in [-0.3, -0.25) is 0 Å². The van der Waals surface area contributed by atoms with Gasteiger partial charge in [-0.15, -0.1) is 0 Å². The summed E-state index contributed by atoms with van der Waals surface area (Å²) in [6.07, 6.45) is 3.97. The maximum atomic E-state index is 3.68. The molecule has 1 aliphatic carbocycles. The van der Waals surface area contributed by atoms with Crippen molar-refractivity contribution < 1.29 is 0 Å². The molecule has 1 unspecified atom stereocenters. The minimum absolute atomic E-state index is 0.533. The first-order valence-corrected chi connectivity index (χ1v) is 7.24. The van der Waals surface area contributed by atoms with E-state index in [1.54, 1.807) is 0 Å². The highest BCUT2D eigenvalue weighted by atomic mass is 79.9. The number of rotatable bonds is 3. The van der Waals surface area contributed by atoms with Gasteiger partial charge >= 0.3 is 0 Å². The monoisotopic (exact) mass is 295 g/mol. The van der Waals surface area contributed by atoms with Crippen LogP contribution in [0.3, 0.4) is 0 Å². The Morgan fingerprint density at radius 3 is 2.76 bits per heavy atom.